The fourth-order valence-corrected chi connectivity index (χ4v) is 1.39. The molecule has 0 spiro atoms. The molecule has 0 radical (unpaired) electrons. The van der Waals surface area contributed by atoms with Crippen molar-refractivity contribution in [2.75, 3.05) is 6.61 Å². The van der Waals surface area contributed by atoms with Gasteiger partial charge in [0.05, 0.1) is 6.61 Å². The molecular weight excluding hydrogens is 164 g/mol. The van der Waals surface area contributed by atoms with E-state index < -0.39 is 0 Å². The monoisotopic (exact) mass is 174 g/mol. The average Bonchev–Trinajstić information content (AvgIpc) is 2.67. The zero-order chi connectivity index (χ0) is 9.10. The standard InChI is InChI=1S/C11H10O2/c12-7-9-6-11(13-8-9)10-4-2-1-3-5-10/h1-7,11H,8H2/t11-/m0/s1. The summed E-state index contributed by atoms with van der Waals surface area (Å²) in [4.78, 5) is 10.4. The summed E-state index contributed by atoms with van der Waals surface area (Å²) in [5.74, 6) is 0. The highest BCUT2D eigenvalue weighted by Gasteiger charge is 2.16. The van der Waals surface area contributed by atoms with Crippen molar-refractivity contribution in [2.45, 2.75) is 6.10 Å². The van der Waals surface area contributed by atoms with Gasteiger partial charge in [0, 0.05) is 5.57 Å². The Kier molecular flexibility index (Phi) is 2.23. The van der Waals surface area contributed by atoms with Crippen molar-refractivity contribution >= 4 is 6.29 Å². The summed E-state index contributed by atoms with van der Waals surface area (Å²) >= 11 is 0. The van der Waals surface area contributed by atoms with Gasteiger partial charge in [-0.2, -0.15) is 0 Å². The van der Waals surface area contributed by atoms with Crippen LogP contribution in [0, 0.1) is 0 Å². The number of rotatable bonds is 2. The van der Waals surface area contributed by atoms with Gasteiger partial charge < -0.3 is 4.74 Å². The van der Waals surface area contributed by atoms with Crippen molar-refractivity contribution < 1.29 is 9.53 Å². The van der Waals surface area contributed by atoms with Gasteiger partial charge in [-0.05, 0) is 11.6 Å². The number of benzene rings is 1. The highest BCUT2D eigenvalue weighted by molar-refractivity contribution is 5.74. The quantitative estimate of drug-likeness (QED) is 0.640. The maximum atomic E-state index is 10.4. The highest BCUT2D eigenvalue weighted by Crippen LogP contribution is 2.25. The van der Waals surface area contributed by atoms with E-state index in [0.29, 0.717) is 6.61 Å². The molecule has 0 unspecified atom stereocenters. The van der Waals surface area contributed by atoms with E-state index in [1.54, 1.807) is 0 Å². The lowest BCUT2D eigenvalue weighted by Gasteiger charge is -2.06. The molecule has 0 aliphatic carbocycles. The molecule has 1 heterocycles. The Morgan fingerprint density at radius 2 is 2.08 bits per heavy atom. The minimum atomic E-state index is -0.0404. The molecule has 0 N–H and O–H groups in total. The molecule has 0 aromatic heterocycles. The van der Waals surface area contributed by atoms with Crippen molar-refractivity contribution in [3.05, 3.63) is 47.5 Å². The molecule has 0 saturated heterocycles. The van der Waals surface area contributed by atoms with Crippen LogP contribution >= 0.6 is 0 Å². The van der Waals surface area contributed by atoms with Gasteiger partial charge >= 0.3 is 0 Å². The summed E-state index contributed by atoms with van der Waals surface area (Å²) < 4.78 is 5.42. The third-order valence-electron chi connectivity index (χ3n) is 2.07. The van der Waals surface area contributed by atoms with Crippen LogP contribution in [0.2, 0.25) is 0 Å². The lowest BCUT2D eigenvalue weighted by Crippen LogP contribution is -1.94. The van der Waals surface area contributed by atoms with Crippen molar-refractivity contribution in [3.63, 3.8) is 0 Å². The van der Waals surface area contributed by atoms with E-state index in [1.165, 1.54) is 0 Å². The molecule has 2 nitrogen and oxygen atoms in total. The fourth-order valence-electron chi connectivity index (χ4n) is 1.39. The van der Waals surface area contributed by atoms with Crippen LogP contribution < -0.4 is 0 Å². The van der Waals surface area contributed by atoms with Crippen LogP contribution in [-0.4, -0.2) is 12.9 Å². The average molecular weight is 174 g/mol. The number of hydrogen-bond donors (Lipinski definition) is 0. The fraction of sp³-hybridized carbons (Fsp3) is 0.182. The molecule has 66 valence electrons. The molecule has 0 saturated carbocycles. The first kappa shape index (κ1) is 8.20. The summed E-state index contributed by atoms with van der Waals surface area (Å²) in [7, 11) is 0. The van der Waals surface area contributed by atoms with Gasteiger partial charge in [-0.25, -0.2) is 0 Å². The van der Waals surface area contributed by atoms with E-state index in [0.717, 1.165) is 17.4 Å². The van der Waals surface area contributed by atoms with Crippen LogP contribution in [-0.2, 0) is 9.53 Å². The van der Waals surface area contributed by atoms with E-state index in [4.69, 9.17) is 4.74 Å². The van der Waals surface area contributed by atoms with E-state index in [-0.39, 0.29) is 6.10 Å². The van der Waals surface area contributed by atoms with E-state index in [1.807, 2.05) is 36.4 Å². The predicted octanol–water partition coefficient (Wildman–Crippen LogP) is 1.88. The van der Waals surface area contributed by atoms with Gasteiger partial charge in [-0.1, -0.05) is 30.3 Å². The van der Waals surface area contributed by atoms with Crippen LogP contribution in [0.3, 0.4) is 0 Å². The summed E-state index contributed by atoms with van der Waals surface area (Å²) in [5.41, 5.74) is 1.83. The molecule has 13 heavy (non-hydrogen) atoms. The topological polar surface area (TPSA) is 26.3 Å². The Bertz CT molecular complexity index is 327. The summed E-state index contributed by atoms with van der Waals surface area (Å²) in [6.45, 7) is 0.434. The van der Waals surface area contributed by atoms with E-state index >= 15 is 0 Å². The maximum Gasteiger partial charge on any atom is 0.148 e. The zero-order valence-corrected chi connectivity index (χ0v) is 7.14. The Hall–Kier alpha value is -1.41. The van der Waals surface area contributed by atoms with Crippen molar-refractivity contribution in [3.8, 4) is 0 Å². The smallest absolute Gasteiger partial charge is 0.148 e. The summed E-state index contributed by atoms with van der Waals surface area (Å²) in [6, 6.07) is 9.88. The Balaban J connectivity index is 2.21. The van der Waals surface area contributed by atoms with Gasteiger partial charge in [0.15, 0.2) is 0 Å². The molecule has 0 fully saturated rings. The second-order valence-electron chi connectivity index (χ2n) is 3.00. The molecule has 1 aliphatic rings. The van der Waals surface area contributed by atoms with Crippen LogP contribution in [0.25, 0.3) is 0 Å². The number of aldehydes is 1. The Labute approximate surface area is 76.8 Å². The largest absolute Gasteiger partial charge is 0.365 e. The summed E-state index contributed by atoms with van der Waals surface area (Å²) in [6.07, 6.45) is 2.67. The maximum absolute atomic E-state index is 10.4. The second kappa shape index (κ2) is 3.54. The molecular formula is C11H10O2. The van der Waals surface area contributed by atoms with E-state index in [9.17, 15) is 4.79 Å². The zero-order valence-electron chi connectivity index (χ0n) is 7.14. The highest BCUT2D eigenvalue weighted by atomic mass is 16.5. The lowest BCUT2D eigenvalue weighted by atomic mass is 10.1. The first-order chi connectivity index (χ1) is 6.40. The summed E-state index contributed by atoms with van der Waals surface area (Å²) in [5, 5.41) is 0. The SMILES string of the molecule is O=CC1=C[C@@H](c2ccccc2)OC1. The molecule has 1 aromatic carbocycles. The van der Waals surface area contributed by atoms with Gasteiger partial charge in [-0.15, -0.1) is 0 Å². The van der Waals surface area contributed by atoms with Crippen LogP contribution in [0.15, 0.2) is 42.0 Å². The minimum Gasteiger partial charge on any atom is -0.365 e. The molecule has 1 aliphatic heterocycles. The molecule has 2 rings (SSSR count). The van der Waals surface area contributed by atoms with Crippen LogP contribution in [0.5, 0.6) is 0 Å². The predicted molar refractivity (Wildman–Crippen MR) is 49.3 cm³/mol. The van der Waals surface area contributed by atoms with Crippen molar-refractivity contribution in [1.82, 2.24) is 0 Å². The van der Waals surface area contributed by atoms with Gasteiger partial charge in [0.2, 0.25) is 0 Å². The van der Waals surface area contributed by atoms with Crippen molar-refractivity contribution in [2.24, 2.45) is 0 Å². The molecule has 2 heteroatoms. The van der Waals surface area contributed by atoms with Gasteiger partial charge in [0.25, 0.3) is 0 Å². The Morgan fingerprint density at radius 3 is 2.69 bits per heavy atom. The van der Waals surface area contributed by atoms with Gasteiger partial charge in [-0.3, -0.25) is 4.79 Å². The number of carbonyl (C=O) groups excluding carboxylic acids is 1. The number of ether oxygens (including phenoxy) is 1. The number of carbonyl (C=O) groups is 1. The van der Waals surface area contributed by atoms with Crippen LogP contribution in [0.1, 0.15) is 11.7 Å². The molecule has 0 bridgehead atoms. The van der Waals surface area contributed by atoms with E-state index in [2.05, 4.69) is 0 Å². The third kappa shape index (κ3) is 1.68. The van der Waals surface area contributed by atoms with Crippen molar-refractivity contribution in [1.29, 1.82) is 0 Å². The lowest BCUT2D eigenvalue weighted by molar-refractivity contribution is -0.105. The Morgan fingerprint density at radius 1 is 1.31 bits per heavy atom. The molecule has 0 amide bonds. The first-order valence-electron chi connectivity index (χ1n) is 4.22. The minimum absolute atomic E-state index is 0.0404. The van der Waals surface area contributed by atoms with Gasteiger partial charge in [0.1, 0.15) is 12.4 Å². The molecule has 1 aromatic rings. The number of hydrogen-bond acceptors (Lipinski definition) is 2. The first-order valence-corrected chi connectivity index (χ1v) is 4.22. The normalized spacial score (nSPS) is 21.2. The second-order valence-corrected chi connectivity index (χ2v) is 3.00. The van der Waals surface area contributed by atoms with Crippen LogP contribution in [0.4, 0.5) is 0 Å². The third-order valence-corrected chi connectivity index (χ3v) is 2.07. The molecule has 1 atom stereocenters.